The van der Waals surface area contributed by atoms with Crippen LogP contribution in [0.2, 0.25) is 0 Å². The second kappa shape index (κ2) is 9.80. The first-order chi connectivity index (χ1) is 14.7. The molecule has 0 aliphatic carbocycles. The van der Waals surface area contributed by atoms with Crippen molar-refractivity contribution in [3.63, 3.8) is 0 Å². The van der Waals surface area contributed by atoms with E-state index >= 15 is 0 Å². The fourth-order valence-corrected chi connectivity index (χ4v) is 3.84. The third kappa shape index (κ3) is 5.21. The summed E-state index contributed by atoms with van der Waals surface area (Å²) in [6.07, 6.45) is 8.16. The Morgan fingerprint density at radius 2 is 1.93 bits per heavy atom. The standard InChI is InChI=1S/C23H28FN5O/c1-17(29-13-4-2-3-5-14-29)11-12-25-21-10-9-19(16-26-21)23-27-22(28-30-23)18-7-6-8-20(24)15-18/h6-10,15-17H,2-5,11-14H2,1H3,(H,25,26)/t17-/m0/s1. The Hall–Kier alpha value is -2.80. The quantitative estimate of drug-likeness (QED) is 0.592. The SMILES string of the molecule is C[C@@H](CCNc1ccc(-c2nc(-c3cccc(F)c3)no2)cn1)N1CCCCCC1. The van der Waals surface area contributed by atoms with Crippen LogP contribution in [0.1, 0.15) is 39.0 Å². The van der Waals surface area contributed by atoms with Gasteiger partial charge in [0.1, 0.15) is 11.6 Å². The summed E-state index contributed by atoms with van der Waals surface area (Å²) in [5.41, 5.74) is 1.31. The molecule has 1 atom stereocenters. The van der Waals surface area contributed by atoms with E-state index < -0.39 is 0 Å². The molecule has 1 aliphatic rings. The fourth-order valence-electron chi connectivity index (χ4n) is 3.84. The monoisotopic (exact) mass is 409 g/mol. The molecule has 4 rings (SSSR count). The largest absolute Gasteiger partial charge is 0.370 e. The smallest absolute Gasteiger partial charge is 0.259 e. The zero-order valence-corrected chi connectivity index (χ0v) is 17.4. The Labute approximate surface area is 176 Å². The second-order valence-corrected chi connectivity index (χ2v) is 7.88. The van der Waals surface area contributed by atoms with E-state index in [9.17, 15) is 4.39 Å². The Kier molecular flexibility index (Phi) is 6.69. The van der Waals surface area contributed by atoms with Gasteiger partial charge in [-0.1, -0.05) is 30.1 Å². The summed E-state index contributed by atoms with van der Waals surface area (Å²) < 4.78 is 18.7. The van der Waals surface area contributed by atoms with Crippen LogP contribution in [0.4, 0.5) is 10.2 Å². The molecule has 0 saturated carbocycles. The van der Waals surface area contributed by atoms with Crippen LogP contribution in [-0.2, 0) is 0 Å². The Morgan fingerprint density at radius 1 is 1.10 bits per heavy atom. The summed E-state index contributed by atoms with van der Waals surface area (Å²) in [5, 5.41) is 7.35. The van der Waals surface area contributed by atoms with Gasteiger partial charge in [0, 0.05) is 24.3 Å². The fraction of sp³-hybridized carbons (Fsp3) is 0.435. The van der Waals surface area contributed by atoms with Gasteiger partial charge < -0.3 is 14.7 Å². The number of aromatic nitrogens is 3. The Morgan fingerprint density at radius 3 is 2.67 bits per heavy atom. The third-order valence-electron chi connectivity index (χ3n) is 5.65. The highest BCUT2D eigenvalue weighted by atomic mass is 19.1. The van der Waals surface area contributed by atoms with Crippen molar-refractivity contribution in [2.24, 2.45) is 0 Å². The average molecular weight is 410 g/mol. The summed E-state index contributed by atoms with van der Waals surface area (Å²) in [6.45, 7) is 5.63. The number of anilines is 1. The van der Waals surface area contributed by atoms with Crippen LogP contribution in [0.15, 0.2) is 47.1 Å². The Bertz CT molecular complexity index is 935. The highest BCUT2D eigenvalue weighted by Crippen LogP contribution is 2.23. The maximum Gasteiger partial charge on any atom is 0.259 e. The van der Waals surface area contributed by atoms with Crippen molar-refractivity contribution in [3.8, 4) is 22.8 Å². The van der Waals surface area contributed by atoms with Crippen LogP contribution in [0.25, 0.3) is 22.8 Å². The number of hydrogen-bond acceptors (Lipinski definition) is 6. The predicted octanol–water partition coefficient (Wildman–Crippen LogP) is 5.00. The van der Waals surface area contributed by atoms with Crippen LogP contribution < -0.4 is 5.32 Å². The molecule has 3 heterocycles. The van der Waals surface area contributed by atoms with E-state index in [4.69, 9.17) is 4.52 Å². The summed E-state index contributed by atoms with van der Waals surface area (Å²) in [6, 6.07) is 10.5. The van der Waals surface area contributed by atoms with E-state index in [2.05, 4.69) is 32.3 Å². The molecular weight excluding hydrogens is 381 g/mol. The number of benzene rings is 1. The zero-order chi connectivity index (χ0) is 20.8. The molecule has 0 spiro atoms. The minimum absolute atomic E-state index is 0.332. The summed E-state index contributed by atoms with van der Waals surface area (Å²) in [7, 11) is 0. The lowest BCUT2D eigenvalue weighted by Crippen LogP contribution is -2.35. The van der Waals surface area contributed by atoms with Crippen molar-refractivity contribution >= 4 is 5.82 Å². The molecule has 0 amide bonds. The second-order valence-electron chi connectivity index (χ2n) is 7.88. The van der Waals surface area contributed by atoms with Gasteiger partial charge in [-0.15, -0.1) is 0 Å². The van der Waals surface area contributed by atoms with Gasteiger partial charge in [-0.3, -0.25) is 0 Å². The van der Waals surface area contributed by atoms with Gasteiger partial charge in [0.05, 0.1) is 5.56 Å². The van der Waals surface area contributed by atoms with Crippen molar-refractivity contribution in [1.29, 1.82) is 0 Å². The number of nitrogens with zero attached hydrogens (tertiary/aromatic N) is 4. The molecule has 1 fully saturated rings. The van der Waals surface area contributed by atoms with Gasteiger partial charge in [0.2, 0.25) is 5.82 Å². The molecule has 0 unspecified atom stereocenters. The van der Waals surface area contributed by atoms with Crippen molar-refractivity contribution in [2.75, 3.05) is 25.0 Å². The summed E-state index contributed by atoms with van der Waals surface area (Å²) in [5.74, 6) is 1.21. The first-order valence-electron chi connectivity index (χ1n) is 10.7. The van der Waals surface area contributed by atoms with Gasteiger partial charge >= 0.3 is 0 Å². The summed E-state index contributed by atoms with van der Waals surface area (Å²) in [4.78, 5) is 11.4. The van der Waals surface area contributed by atoms with Crippen molar-refractivity contribution in [2.45, 2.75) is 45.1 Å². The topological polar surface area (TPSA) is 67.1 Å². The van der Waals surface area contributed by atoms with Crippen LogP contribution in [-0.4, -0.2) is 45.7 Å². The van der Waals surface area contributed by atoms with E-state index in [-0.39, 0.29) is 5.82 Å². The molecule has 1 aliphatic heterocycles. The molecule has 1 N–H and O–H groups in total. The van der Waals surface area contributed by atoms with Crippen molar-refractivity contribution in [3.05, 3.63) is 48.4 Å². The van der Waals surface area contributed by atoms with Crippen LogP contribution in [0.3, 0.4) is 0 Å². The van der Waals surface area contributed by atoms with Gasteiger partial charge in [-0.25, -0.2) is 9.37 Å². The lowest BCUT2D eigenvalue weighted by Gasteiger charge is -2.27. The lowest BCUT2D eigenvalue weighted by atomic mass is 10.2. The molecular formula is C23H28FN5O. The van der Waals surface area contributed by atoms with Gasteiger partial charge in [-0.05, 0) is 63.5 Å². The number of nitrogens with one attached hydrogen (secondary N) is 1. The van der Waals surface area contributed by atoms with E-state index in [0.717, 1.165) is 24.3 Å². The maximum atomic E-state index is 13.4. The number of pyridine rings is 1. The molecule has 6 nitrogen and oxygen atoms in total. The molecule has 158 valence electrons. The highest BCUT2D eigenvalue weighted by molar-refractivity contribution is 5.60. The van der Waals surface area contributed by atoms with E-state index in [1.165, 1.54) is 50.9 Å². The van der Waals surface area contributed by atoms with Crippen LogP contribution in [0.5, 0.6) is 0 Å². The van der Waals surface area contributed by atoms with E-state index in [1.807, 2.05) is 12.1 Å². The van der Waals surface area contributed by atoms with Gasteiger partial charge in [0.25, 0.3) is 5.89 Å². The maximum absolute atomic E-state index is 13.4. The normalized spacial score (nSPS) is 16.2. The molecule has 7 heteroatoms. The highest BCUT2D eigenvalue weighted by Gasteiger charge is 2.15. The van der Waals surface area contributed by atoms with Crippen LogP contribution in [0, 0.1) is 5.82 Å². The number of hydrogen-bond donors (Lipinski definition) is 1. The third-order valence-corrected chi connectivity index (χ3v) is 5.65. The predicted molar refractivity (Wildman–Crippen MR) is 116 cm³/mol. The van der Waals surface area contributed by atoms with Crippen molar-refractivity contribution in [1.82, 2.24) is 20.0 Å². The van der Waals surface area contributed by atoms with Gasteiger partial charge in [0.15, 0.2) is 0 Å². The summed E-state index contributed by atoms with van der Waals surface area (Å²) >= 11 is 0. The minimum Gasteiger partial charge on any atom is -0.370 e. The lowest BCUT2D eigenvalue weighted by molar-refractivity contribution is 0.210. The molecule has 0 radical (unpaired) electrons. The van der Waals surface area contributed by atoms with E-state index in [0.29, 0.717) is 23.3 Å². The van der Waals surface area contributed by atoms with Crippen LogP contribution >= 0.6 is 0 Å². The molecule has 30 heavy (non-hydrogen) atoms. The minimum atomic E-state index is -0.332. The first-order valence-corrected chi connectivity index (χ1v) is 10.7. The number of likely N-dealkylation sites (tertiary alicyclic amines) is 1. The number of rotatable bonds is 7. The van der Waals surface area contributed by atoms with E-state index in [1.54, 1.807) is 18.3 Å². The average Bonchev–Trinajstić information content (AvgIpc) is 3.09. The molecule has 3 aromatic rings. The first kappa shape index (κ1) is 20.5. The molecule has 0 bridgehead atoms. The molecule has 1 aromatic carbocycles. The molecule has 1 saturated heterocycles. The Balaban J connectivity index is 1.31. The van der Waals surface area contributed by atoms with Crippen molar-refractivity contribution < 1.29 is 8.91 Å². The zero-order valence-electron chi connectivity index (χ0n) is 17.4. The molecule has 2 aromatic heterocycles. The number of halogens is 1. The van der Waals surface area contributed by atoms with Gasteiger partial charge in [-0.2, -0.15) is 4.98 Å².